The molecule has 1 saturated heterocycles. The molecule has 0 spiro atoms. The minimum Gasteiger partial charge on any atom is -0.493 e. The van der Waals surface area contributed by atoms with E-state index < -0.39 is 11.8 Å². The quantitative estimate of drug-likeness (QED) is 0.453. The highest BCUT2D eigenvalue weighted by molar-refractivity contribution is 9.10. The SMILES string of the molecule is C#CCOc1ccc(C=C2C(=O)NN(c3cccc(Br)c3)C2=O)cc1OC. The number of nitrogens with zero attached hydrogens (tertiary/aromatic N) is 1. The normalized spacial score (nSPS) is 14.9. The lowest BCUT2D eigenvalue weighted by Crippen LogP contribution is -2.35. The topological polar surface area (TPSA) is 67.9 Å². The molecule has 0 atom stereocenters. The minimum absolute atomic E-state index is 0.0225. The van der Waals surface area contributed by atoms with E-state index in [2.05, 4.69) is 27.3 Å². The lowest BCUT2D eigenvalue weighted by Gasteiger charge is -2.14. The first-order valence-corrected chi connectivity index (χ1v) is 8.70. The monoisotopic (exact) mass is 426 g/mol. The summed E-state index contributed by atoms with van der Waals surface area (Å²) in [6.45, 7) is 0.110. The third-order valence-electron chi connectivity index (χ3n) is 3.77. The van der Waals surface area contributed by atoms with Gasteiger partial charge in [-0.25, -0.2) is 5.01 Å². The number of benzene rings is 2. The van der Waals surface area contributed by atoms with Crippen molar-refractivity contribution < 1.29 is 19.1 Å². The van der Waals surface area contributed by atoms with Gasteiger partial charge in [0, 0.05) is 4.47 Å². The van der Waals surface area contributed by atoms with E-state index in [9.17, 15) is 9.59 Å². The van der Waals surface area contributed by atoms with E-state index in [0.29, 0.717) is 22.7 Å². The molecule has 3 rings (SSSR count). The highest BCUT2D eigenvalue weighted by atomic mass is 79.9. The fourth-order valence-corrected chi connectivity index (χ4v) is 2.92. The number of hydrogen-bond donors (Lipinski definition) is 1. The van der Waals surface area contributed by atoms with Gasteiger partial charge >= 0.3 is 0 Å². The lowest BCUT2D eigenvalue weighted by molar-refractivity contribution is -0.117. The fraction of sp³-hybridized carbons (Fsp3) is 0.100. The summed E-state index contributed by atoms with van der Waals surface area (Å²) in [4.78, 5) is 25.0. The van der Waals surface area contributed by atoms with Gasteiger partial charge in [0.05, 0.1) is 12.8 Å². The van der Waals surface area contributed by atoms with Crippen LogP contribution in [-0.2, 0) is 9.59 Å². The van der Waals surface area contributed by atoms with Crippen LogP contribution in [0, 0.1) is 12.3 Å². The van der Waals surface area contributed by atoms with Crippen molar-refractivity contribution in [2.24, 2.45) is 0 Å². The van der Waals surface area contributed by atoms with E-state index in [4.69, 9.17) is 15.9 Å². The Morgan fingerprint density at radius 1 is 1.22 bits per heavy atom. The largest absolute Gasteiger partial charge is 0.493 e. The first-order valence-electron chi connectivity index (χ1n) is 7.90. The van der Waals surface area contributed by atoms with Crippen molar-refractivity contribution in [1.82, 2.24) is 5.43 Å². The van der Waals surface area contributed by atoms with E-state index in [1.54, 1.807) is 36.4 Å². The Bertz CT molecular complexity index is 978. The molecule has 1 aliphatic heterocycles. The van der Waals surface area contributed by atoms with Crippen molar-refractivity contribution in [1.29, 1.82) is 0 Å². The van der Waals surface area contributed by atoms with Gasteiger partial charge < -0.3 is 9.47 Å². The Labute approximate surface area is 164 Å². The van der Waals surface area contributed by atoms with Crippen LogP contribution in [0.1, 0.15) is 5.56 Å². The van der Waals surface area contributed by atoms with Gasteiger partial charge in [0.25, 0.3) is 11.8 Å². The van der Waals surface area contributed by atoms with Crippen molar-refractivity contribution in [2.75, 3.05) is 18.7 Å². The predicted molar refractivity (Wildman–Crippen MR) is 105 cm³/mol. The molecular weight excluding hydrogens is 412 g/mol. The first-order chi connectivity index (χ1) is 13.0. The molecular formula is C20H15BrN2O4. The van der Waals surface area contributed by atoms with Crippen LogP contribution < -0.4 is 19.9 Å². The van der Waals surface area contributed by atoms with Crippen molar-refractivity contribution >= 4 is 39.5 Å². The van der Waals surface area contributed by atoms with Gasteiger partial charge in [-0.15, -0.1) is 6.42 Å². The second-order valence-corrected chi connectivity index (χ2v) is 6.44. The minimum atomic E-state index is -0.480. The molecule has 0 unspecified atom stereocenters. The number of anilines is 1. The Morgan fingerprint density at radius 2 is 2.04 bits per heavy atom. The third kappa shape index (κ3) is 3.96. The summed E-state index contributed by atoms with van der Waals surface area (Å²) >= 11 is 3.35. The van der Waals surface area contributed by atoms with Crippen LogP contribution in [0.15, 0.2) is 52.5 Å². The summed E-state index contributed by atoms with van der Waals surface area (Å²) in [6, 6.07) is 12.1. The number of carbonyl (C=O) groups excluding carboxylic acids is 2. The second-order valence-electron chi connectivity index (χ2n) is 5.52. The Hall–Kier alpha value is -3.24. The van der Waals surface area contributed by atoms with E-state index in [1.165, 1.54) is 18.2 Å². The molecule has 1 heterocycles. The number of carbonyl (C=O) groups is 2. The molecule has 0 radical (unpaired) electrons. The zero-order chi connectivity index (χ0) is 19.4. The van der Waals surface area contributed by atoms with E-state index >= 15 is 0 Å². The molecule has 136 valence electrons. The molecule has 0 bridgehead atoms. The number of amides is 2. The summed E-state index contributed by atoms with van der Waals surface area (Å²) in [5.41, 5.74) is 3.76. The summed E-state index contributed by atoms with van der Waals surface area (Å²) in [5, 5.41) is 1.21. The number of hydrogen-bond acceptors (Lipinski definition) is 4. The van der Waals surface area contributed by atoms with Crippen LogP contribution in [0.4, 0.5) is 5.69 Å². The smallest absolute Gasteiger partial charge is 0.282 e. The highest BCUT2D eigenvalue weighted by Gasteiger charge is 2.34. The zero-order valence-corrected chi connectivity index (χ0v) is 15.9. The zero-order valence-electron chi connectivity index (χ0n) is 14.4. The molecule has 1 N–H and O–H groups in total. The summed E-state index contributed by atoms with van der Waals surface area (Å²) in [5.74, 6) is 2.40. The Morgan fingerprint density at radius 3 is 2.74 bits per heavy atom. The van der Waals surface area contributed by atoms with Crippen molar-refractivity contribution in [3.05, 3.63) is 58.1 Å². The second kappa shape index (κ2) is 7.98. The molecule has 7 heteroatoms. The van der Waals surface area contributed by atoms with Crippen molar-refractivity contribution in [3.8, 4) is 23.8 Å². The molecule has 1 aliphatic rings. The van der Waals surface area contributed by atoms with Crippen LogP contribution in [0.25, 0.3) is 6.08 Å². The molecule has 27 heavy (non-hydrogen) atoms. The molecule has 1 fully saturated rings. The Balaban J connectivity index is 1.89. The number of methoxy groups -OCH3 is 1. The molecule has 0 aromatic heterocycles. The van der Waals surface area contributed by atoms with Crippen molar-refractivity contribution in [2.45, 2.75) is 0 Å². The number of halogens is 1. The maximum absolute atomic E-state index is 12.7. The van der Waals surface area contributed by atoms with Crippen LogP contribution >= 0.6 is 15.9 Å². The first kappa shape index (κ1) is 18.5. The average molecular weight is 427 g/mol. The molecule has 0 aliphatic carbocycles. The van der Waals surface area contributed by atoms with Crippen LogP contribution in [0.3, 0.4) is 0 Å². The van der Waals surface area contributed by atoms with E-state index in [-0.39, 0.29) is 12.2 Å². The van der Waals surface area contributed by atoms with E-state index in [0.717, 1.165) is 4.47 Å². The standard InChI is InChI=1S/C20H15BrN2O4/c1-3-9-27-17-8-7-13(11-18(17)26-2)10-16-19(24)22-23(20(16)25)15-6-4-5-14(21)12-15/h1,4-8,10-12H,9H2,2H3,(H,22,24). The number of hydrazine groups is 1. The van der Waals surface area contributed by atoms with Gasteiger partial charge in [-0.05, 0) is 42.0 Å². The third-order valence-corrected chi connectivity index (χ3v) is 4.26. The highest BCUT2D eigenvalue weighted by Crippen LogP contribution is 2.30. The van der Waals surface area contributed by atoms with E-state index in [1.807, 2.05) is 6.07 Å². The number of nitrogens with one attached hydrogen (secondary N) is 1. The van der Waals surface area contributed by atoms with Gasteiger partial charge in [-0.2, -0.15) is 0 Å². The van der Waals surface area contributed by atoms with Gasteiger partial charge in [-0.1, -0.05) is 34.0 Å². The molecule has 2 amide bonds. The summed E-state index contributed by atoms with van der Waals surface area (Å²) < 4.78 is 11.5. The average Bonchev–Trinajstić information content (AvgIpc) is 2.95. The molecule has 0 saturated carbocycles. The molecule has 6 nitrogen and oxygen atoms in total. The van der Waals surface area contributed by atoms with Gasteiger partial charge in [0.15, 0.2) is 11.5 Å². The summed E-state index contributed by atoms with van der Waals surface area (Å²) in [6.07, 6.45) is 6.70. The molecule has 2 aromatic carbocycles. The van der Waals surface area contributed by atoms with Crippen LogP contribution in [-0.4, -0.2) is 25.5 Å². The maximum atomic E-state index is 12.7. The maximum Gasteiger partial charge on any atom is 0.282 e. The lowest BCUT2D eigenvalue weighted by atomic mass is 10.1. The van der Waals surface area contributed by atoms with Gasteiger partial charge in [0.2, 0.25) is 0 Å². The molecule has 2 aromatic rings. The van der Waals surface area contributed by atoms with Gasteiger partial charge in [-0.3, -0.25) is 15.0 Å². The summed E-state index contributed by atoms with van der Waals surface area (Å²) in [7, 11) is 1.50. The van der Waals surface area contributed by atoms with Crippen LogP contribution in [0.5, 0.6) is 11.5 Å². The predicted octanol–water partition coefficient (Wildman–Crippen LogP) is 2.93. The van der Waals surface area contributed by atoms with Gasteiger partial charge in [0.1, 0.15) is 12.2 Å². The number of ether oxygens (including phenoxy) is 2. The number of rotatable bonds is 5. The van der Waals surface area contributed by atoms with Crippen LogP contribution in [0.2, 0.25) is 0 Å². The van der Waals surface area contributed by atoms with Crippen molar-refractivity contribution in [3.63, 3.8) is 0 Å². The fourth-order valence-electron chi connectivity index (χ4n) is 2.53. The number of terminal acetylenes is 1. The Kier molecular flexibility index (Phi) is 5.48.